The maximum absolute atomic E-state index is 5.75. The summed E-state index contributed by atoms with van der Waals surface area (Å²) in [6.07, 6.45) is 1.06. The summed E-state index contributed by atoms with van der Waals surface area (Å²) < 4.78 is 5.02. The summed E-state index contributed by atoms with van der Waals surface area (Å²) in [5, 5.41) is 0. The summed E-state index contributed by atoms with van der Waals surface area (Å²) in [5.41, 5.74) is 0. The summed E-state index contributed by atoms with van der Waals surface area (Å²) in [5.74, 6) is 0.688. The van der Waals surface area contributed by atoms with Crippen LogP contribution in [0, 0.1) is 0 Å². The number of nitrogens with zero attached hydrogens (tertiary/aromatic N) is 1. The van der Waals surface area contributed by atoms with Crippen LogP contribution in [0.15, 0.2) is 0 Å². The normalized spacial score (nSPS) is 16.5. The standard InChI is InChI=1S/C9H20ClNO/c1-8(5-6-12-4)11(3)9(2)7-10/h8-9H,5-7H2,1-4H3. The predicted molar refractivity (Wildman–Crippen MR) is 53.9 cm³/mol. The lowest BCUT2D eigenvalue weighted by Gasteiger charge is -2.29. The molecule has 0 radical (unpaired) electrons. The van der Waals surface area contributed by atoms with Crippen LogP contribution in [0.25, 0.3) is 0 Å². The molecule has 0 aliphatic carbocycles. The van der Waals surface area contributed by atoms with Gasteiger partial charge in [-0.25, -0.2) is 0 Å². The number of alkyl halides is 1. The summed E-state index contributed by atoms with van der Waals surface area (Å²) in [6, 6.07) is 0.984. The van der Waals surface area contributed by atoms with Gasteiger partial charge in [0.25, 0.3) is 0 Å². The molecule has 0 aromatic heterocycles. The number of rotatable bonds is 6. The molecule has 2 atom stereocenters. The molecule has 0 spiro atoms. The first kappa shape index (κ1) is 12.2. The average molecular weight is 194 g/mol. The monoisotopic (exact) mass is 193 g/mol. The Labute approximate surface area is 80.8 Å². The van der Waals surface area contributed by atoms with E-state index in [9.17, 15) is 0 Å². The highest BCUT2D eigenvalue weighted by atomic mass is 35.5. The van der Waals surface area contributed by atoms with Crippen molar-refractivity contribution in [2.24, 2.45) is 0 Å². The molecule has 12 heavy (non-hydrogen) atoms. The van der Waals surface area contributed by atoms with E-state index < -0.39 is 0 Å². The molecule has 0 aliphatic heterocycles. The maximum atomic E-state index is 5.75. The van der Waals surface area contributed by atoms with Gasteiger partial charge in [-0.1, -0.05) is 0 Å². The molecule has 3 heteroatoms. The number of halogens is 1. The summed E-state index contributed by atoms with van der Waals surface area (Å²) in [6.45, 7) is 5.15. The smallest absolute Gasteiger partial charge is 0.0477 e. The Kier molecular flexibility index (Phi) is 6.81. The van der Waals surface area contributed by atoms with Crippen LogP contribution in [0.3, 0.4) is 0 Å². The fraction of sp³-hybridized carbons (Fsp3) is 1.00. The van der Waals surface area contributed by atoms with E-state index in [1.807, 2.05) is 0 Å². The van der Waals surface area contributed by atoms with Crippen LogP contribution >= 0.6 is 11.6 Å². The fourth-order valence-corrected chi connectivity index (χ4v) is 1.25. The van der Waals surface area contributed by atoms with Crippen LogP contribution in [0.1, 0.15) is 20.3 Å². The van der Waals surface area contributed by atoms with Crippen LogP contribution < -0.4 is 0 Å². The van der Waals surface area contributed by atoms with Crippen molar-refractivity contribution in [3.05, 3.63) is 0 Å². The highest BCUT2D eigenvalue weighted by Gasteiger charge is 2.13. The molecule has 2 unspecified atom stereocenters. The van der Waals surface area contributed by atoms with Gasteiger partial charge in [0.15, 0.2) is 0 Å². The minimum Gasteiger partial charge on any atom is -0.385 e. The van der Waals surface area contributed by atoms with Gasteiger partial charge in [0.1, 0.15) is 0 Å². The van der Waals surface area contributed by atoms with Crippen molar-refractivity contribution >= 4 is 11.6 Å². The Bertz CT molecular complexity index is 111. The van der Waals surface area contributed by atoms with E-state index in [-0.39, 0.29) is 0 Å². The first-order valence-corrected chi connectivity index (χ1v) is 4.93. The van der Waals surface area contributed by atoms with Gasteiger partial charge in [0.2, 0.25) is 0 Å². The van der Waals surface area contributed by atoms with E-state index >= 15 is 0 Å². The minimum atomic E-state index is 0.443. The largest absolute Gasteiger partial charge is 0.385 e. The first-order chi connectivity index (χ1) is 5.63. The summed E-state index contributed by atoms with van der Waals surface area (Å²) in [4.78, 5) is 2.28. The van der Waals surface area contributed by atoms with Gasteiger partial charge in [-0.15, -0.1) is 11.6 Å². The van der Waals surface area contributed by atoms with Crippen molar-refractivity contribution in [2.45, 2.75) is 32.4 Å². The molecule has 0 fully saturated rings. The Morgan fingerprint density at radius 3 is 2.33 bits per heavy atom. The third-order valence-electron chi connectivity index (χ3n) is 2.35. The van der Waals surface area contributed by atoms with E-state index in [1.165, 1.54) is 0 Å². The Morgan fingerprint density at radius 2 is 1.92 bits per heavy atom. The molecule has 0 saturated heterocycles. The van der Waals surface area contributed by atoms with Crippen LogP contribution in [0.2, 0.25) is 0 Å². The van der Waals surface area contributed by atoms with Gasteiger partial charge < -0.3 is 4.74 Å². The van der Waals surface area contributed by atoms with E-state index in [1.54, 1.807) is 7.11 Å². The van der Waals surface area contributed by atoms with Crippen molar-refractivity contribution in [1.29, 1.82) is 0 Å². The molecule has 0 saturated carbocycles. The average Bonchev–Trinajstić information content (AvgIpc) is 2.11. The molecular weight excluding hydrogens is 174 g/mol. The van der Waals surface area contributed by atoms with E-state index in [4.69, 9.17) is 16.3 Å². The zero-order chi connectivity index (χ0) is 9.56. The quantitative estimate of drug-likeness (QED) is 0.599. The molecule has 0 N–H and O–H groups in total. The zero-order valence-corrected chi connectivity index (χ0v) is 9.27. The lowest BCUT2D eigenvalue weighted by atomic mass is 10.2. The van der Waals surface area contributed by atoms with Crippen LogP contribution in [0.4, 0.5) is 0 Å². The number of methoxy groups -OCH3 is 1. The summed E-state index contributed by atoms with van der Waals surface area (Å²) in [7, 11) is 3.84. The number of ether oxygens (including phenoxy) is 1. The second-order valence-corrected chi connectivity index (χ2v) is 3.61. The van der Waals surface area contributed by atoms with Gasteiger partial charge in [0, 0.05) is 31.7 Å². The molecule has 0 aromatic carbocycles. The first-order valence-electron chi connectivity index (χ1n) is 4.40. The van der Waals surface area contributed by atoms with E-state index in [0.29, 0.717) is 18.0 Å². The van der Waals surface area contributed by atoms with Gasteiger partial charge in [-0.3, -0.25) is 4.90 Å². The van der Waals surface area contributed by atoms with Crippen molar-refractivity contribution in [1.82, 2.24) is 4.90 Å². The number of hydrogen-bond donors (Lipinski definition) is 0. The van der Waals surface area contributed by atoms with E-state index in [2.05, 4.69) is 25.8 Å². The van der Waals surface area contributed by atoms with Crippen molar-refractivity contribution in [3.63, 3.8) is 0 Å². The molecule has 0 rings (SSSR count). The molecule has 2 nitrogen and oxygen atoms in total. The molecule has 0 bridgehead atoms. The van der Waals surface area contributed by atoms with Crippen LogP contribution in [-0.2, 0) is 4.74 Å². The minimum absolute atomic E-state index is 0.443. The maximum Gasteiger partial charge on any atom is 0.0477 e. The van der Waals surface area contributed by atoms with Crippen molar-refractivity contribution in [2.75, 3.05) is 26.6 Å². The van der Waals surface area contributed by atoms with Gasteiger partial charge >= 0.3 is 0 Å². The number of hydrogen-bond acceptors (Lipinski definition) is 2. The molecule has 0 aromatic rings. The second kappa shape index (κ2) is 6.70. The molecule has 0 amide bonds. The summed E-state index contributed by atoms with van der Waals surface area (Å²) >= 11 is 5.75. The van der Waals surface area contributed by atoms with E-state index in [0.717, 1.165) is 13.0 Å². The highest BCUT2D eigenvalue weighted by Crippen LogP contribution is 2.07. The van der Waals surface area contributed by atoms with Crippen LogP contribution in [0.5, 0.6) is 0 Å². The predicted octanol–water partition coefficient (Wildman–Crippen LogP) is 1.97. The zero-order valence-electron chi connectivity index (χ0n) is 8.51. The van der Waals surface area contributed by atoms with Crippen molar-refractivity contribution in [3.8, 4) is 0 Å². The van der Waals surface area contributed by atoms with Gasteiger partial charge in [-0.2, -0.15) is 0 Å². The molecule has 74 valence electrons. The molecular formula is C9H20ClNO. The molecule has 0 heterocycles. The lowest BCUT2D eigenvalue weighted by molar-refractivity contribution is 0.138. The third kappa shape index (κ3) is 4.29. The molecule has 0 aliphatic rings. The third-order valence-corrected chi connectivity index (χ3v) is 2.80. The van der Waals surface area contributed by atoms with Gasteiger partial charge in [-0.05, 0) is 27.3 Å². The Hall–Kier alpha value is 0.210. The SMILES string of the molecule is COCCC(C)N(C)C(C)CCl. The lowest BCUT2D eigenvalue weighted by Crippen LogP contribution is -2.38. The van der Waals surface area contributed by atoms with Crippen LogP contribution in [-0.4, -0.2) is 43.6 Å². The van der Waals surface area contributed by atoms with Crippen molar-refractivity contribution < 1.29 is 4.74 Å². The highest BCUT2D eigenvalue weighted by molar-refractivity contribution is 6.18. The second-order valence-electron chi connectivity index (χ2n) is 3.30. The fourth-order valence-electron chi connectivity index (χ4n) is 1.04. The Morgan fingerprint density at radius 1 is 1.33 bits per heavy atom. The Balaban J connectivity index is 3.67. The van der Waals surface area contributed by atoms with Gasteiger partial charge in [0.05, 0.1) is 0 Å². The topological polar surface area (TPSA) is 12.5 Å².